The van der Waals surface area contributed by atoms with Gasteiger partial charge in [-0.2, -0.15) is 0 Å². The van der Waals surface area contributed by atoms with Gasteiger partial charge in [-0.25, -0.2) is 13.1 Å². The van der Waals surface area contributed by atoms with Gasteiger partial charge in [0.05, 0.1) is 17.2 Å². The largest absolute Gasteiger partial charge is 0.392 e. The van der Waals surface area contributed by atoms with Crippen LogP contribution in [0.5, 0.6) is 0 Å². The standard InChI is InChI=1S/C13H15ClN2O4S/c1-8-12(9(2)20-16-8)6-15-21(18,19)11-4-3-10(7-17)13(14)5-11/h3-5,15,17H,6-7H2,1-2H3. The molecule has 1 aromatic heterocycles. The van der Waals surface area contributed by atoms with Crippen molar-refractivity contribution >= 4 is 21.6 Å². The third-order valence-electron chi connectivity index (χ3n) is 3.13. The van der Waals surface area contributed by atoms with E-state index in [2.05, 4.69) is 9.88 Å². The van der Waals surface area contributed by atoms with Crippen molar-refractivity contribution in [2.75, 3.05) is 0 Å². The molecule has 0 aliphatic carbocycles. The molecule has 21 heavy (non-hydrogen) atoms. The predicted molar refractivity (Wildman–Crippen MR) is 77.4 cm³/mol. The van der Waals surface area contributed by atoms with Crippen molar-refractivity contribution in [2.45, 2.75) is 31.9 Å². The van der Waals surface area contributed by atoms with Gasteiger partial charge in [-0.15, -0.1) is 0 Å². The fraction of sp³-hybridized carbons (Fsp3) is 0.308. The maximum absolute atomic E-state index is 12.2. The van der Waals surface area contributed by atoms with E-state index in [1.165, 1.54) is 18.2 Å². The molecule has 8 heteroatoms. The average Bonchev–Trinajstić information content (AvgIpc) is 2.76. The topological polar surface area (TPSA) is 92.4 Å². The quantitative estimate of drug-likeness (QED) is 0.873. The van der Waals surface area contributed by atoms with E-state index in [4.69, 9.17) is 21.2 Å². The second-order valence-electron chi connectivity index (χ2n) is 4.54. The summed E-state index contributed by atoms with van der Waals surface area (Å²) in [5.41, 5.74) is 1.82. The number of hydrogen-bond donors (Lipinski definition) is 2. The van der Waals surface area contributed by atoms with E-state index >= 15 is 0 Å². The van der Waals surface area contributed by atoms with Gasteiger partial charge in [-0.3, -0.25) is 0 Å². The van der Waals surface area contributed by atoms with Crippen LogP contribution in [-0.2, 0) is 23.2 Å². The van der Waals surface area contributed by atoms with Crippen LogP contribution in [0.4, 0.5) is 0 Å². The molecule has 0 bridgehead atoms. The molecule has 0 aliphatic rings. The molecule has 0 amide bonds. The number of aliphatic hydroxyl groups excluding tert-OH is 1. The highest BCUT2D eigenvalue weighted by molar-refractivity contribution is 7.89. The number of rotatable bonds is 5. The molecular formula is C13H15ClN2O4S. The number of hydrogen-bond acceptors (Lipinski definition) is 5. The van der Waals surface area contributed by atoms with E-state index < -0.39 is 10.0 Å². The highest BCUT2D eigenvalue weighted by Gasteiger charge is 2.17. The summed E-state index contributed by atoms with van der Waals surface area (Å²) < 4.78 is 31.9. The van der Waals surface area contributed by atoms with Gasteiger partial charge in [0.25, 0.3) is 0 Å². The molecule has 0 spiro atoms. The number of nitrogens with zero attached hydrogens (tertiary/aromatic N) is 1. The Balaban J connectivity index is 2.21. The first kappa shape index (κ1) is 16.0. The molecule has 2 rings (SSSR count). The summed E-state index contributed by atoms with van der Waals surface area (Å²) in [7, 11) is -3.70. The van der Waals surface area contributed by atoms with Crippen molar-refractivity contribution in [2.24, 2.45) is 0 Å². The van der Waals surface area contributed by atoms with Gasteiger partial charge in [-0.05, 0) is 31.5 Å². The highest BCUT2D eigenvalue weighted by atomic mass is 35.5. The maximum atomic E-state index is 12.2. The number of sulfonamides is 1. The van der Waals surface area contributed by atoms with E-state index in [1.807, 2.05) is 0 Å². The SMILES string of the molecule is Cc1noc(C)c1CNS(=O)(=O)c1ccc(CO)c(Cl)c1. The Labute approximate surface area is 127 Å². The van der Waals surface area contributed by atoms with Crippen LogP contribution in [0.15, 0.2) is 27.6 Å². The highest BCUT2D eigenvalue weighted by Crippen LogP contribution is 2.21. The molecule has 2 N–H and O–H groups in total. The summed E-state index contributed by atoms with van der Waals surface area (Å²) in [5.74, 6) is 0.573. The van der Waals surface area contributed by atoms with E-state index in [0.29, 0.717) is 22.6 Å². The summed E-state index contributed by atoms with van der Waals surface area (Å²) in [6.07, 6.45) is 0. The van der Waals surface area contributed by atoms with Gasteiger partial charge >= 0.3 is 0 Å². The molecule has 0 radical (unpaired) electrons. The number of nitrogens with one attached hydrogen (secondary N) is 1. The monoisotopic (exact) mass is 330 g/mol. The molecule has 0 saturated heterocycles. The van der Waals surface area contributed by atoms with Gasteiger partial charge in [0.1, 0.15) is 5.76 Å². The van der Waals surface area contributed by atoms with Crippen LogP contribution in [-0.4, -0.2) is 18.7 Å². The minimum Gasteiger partial charge on any atom is -0.392 e. The first-order valence-electron chi connectivity index (χ1n) is 6.16. The summed E-state index contributed by atoms with van der Waals surface area (Å²) in [6.45, 7) is 3.30. The van der Waals surface area contributed by atoms with Gasteiger partial charge in [0, 0.05) is 17.1 Å². The zero-order valence-electron chi connectivity index (χ0n) is 11.6. The lowest BCUT2D eigenvalue weighted by Gasteiger charge is -2.08. The van der Waals surface area contributed by atoms with Gasteiger partial charge in [0.2, 0.25) is 10.0 Å². The molecule has 0 fully saturated rings. The Morgan fingerprint density at radius 1 is 1.38 bits per heavy atom. The maximum Gasteiger partial charge on any atom is 0.240 e. The zero-order chi connectivity index (χ0) is 15.6. The molecule has 0 atom stereocenters. The van der Waals surface area contributed by atoms with Crippen molar-refractivity contribution in [3.63, 3.8) is 0 Å². The second kappa shape index (κ2) is 6.15. The fourth-order valence-corrected chi connectivity index (χ4v) is 3.15. The lowest BCUT2D eigenvalue weighted by atomic mass is 10.2. The molecular weight excluding hydrogens is 316 g/mol. The van der Waals surface area contributed by atoms with Gasteiger partial charge in [0.15, 0.2) is 0 Å². The molecule has 1 aromatic carbocycles. The fourth-order valence-electron chi connectivity index (χ4n) is 1.83. The Hall–Kier alpha value is -1.41. The lowest BCUT2D eigenvalue weighted by Crippen LogP contribution is -2.23. The molecule has 1 heterocycles. The van der Waals surface area contributed by atoms with Crippen LogP contribution in [0.25, 0.3) is 0 Å². The molecule has 0 unspecified atom stereocenters. The number of aryl methyl sites for hydroxylation is 2. The third-order valence-corrected chi connectivity index (χ3v) is 4.88. The Morgan fingerprint density at radius 2 is 2.10 bits per heavy atom. The van der Waals surface area contributed by atoms with Crippen molar-refractivity contribution in [3.05, 3.63) is 45.8 Å². The van der Waals surface area contributed by atoms with E-state index in [-0.39, 0.29) is 23.1 Å². The van der Waals surface area contributed by atoms with Gasteiger partial charge < -0.3 is 9.63 Å². The first-order chi connectivity index (χ1) is 9.85. The number of aliphatic hydroxyl groups is 1. The zero-order valence-corrected chi connectivity index (χ0v) is 13.1. The molecule has 0 saturated carbocycles. The Bertz CT molecular complexity index is 736. The van der Waals surface area contributed by atoms with Crippen LogP contribution in [0.3, 0.4) is 0 Å². The average molecular weight is 331 g/mol. The van der Waals surface area contributed by atoms with Crippen LogP contribution in [0.2, 0.25) is 5.02 Å². The van der Waals surface area contributed by atoms with E-state index in [9.17, 15) is 8.42 Å². The van der Waals surface area contributed by atoms with Crippen molar-refractivity contribution in [1.82, 2.24) is 9.88 Å². The van der Waals surface area contributed by atoms with Crippen LogP contribution in [0.1, 0.15) is 22.6 Å². The summed E-state index contributed by atoms with van der Waals surface area (Å²) in [4.78, 5) is 0.0384. The number of aromatic nitrogens is 1. The Kier molecular flexibility index (Phi) is 4.67. The van der Waals surface area contributed by atoms with E-state index in [0.717, 1.165) is 0 Å². The minimum atomic E-state index is -3.70. The summed E-state index contributed by atoms with van der Waals surface area (Å²) >= 11 is 5.91. The van der Waals surface area contributed by atoms with Crippen molar-refractivity contribution < 1.29 is 18.0 Å². The number of benzene rings is 1. The van der Waals surface area contributed by atoms with Gasteiger partial charge in [-0.1, -0.05) is 22.8 Å². The lowest BCUT2D eigenvalue weighted by molar-refractivity contribution is 0.282. The second-order valence-corrected chi connectivity index (χ2v) is 6.71. The third kappa shape index (κ3) is 3.44. The van der Waals surface area contributed by atoms with Crippen LogP contribution < -0.4 is 4.72 Å². The molecule has 114 valence electrons. The summed E-state index contributed by atoms with van der Waals surface area (Å²) in [6, 6.07) is 4.18. The molecule has 6 nitrogen and oxygen atoms in total. The van der Waals surface area contributed by atoms with Crippen LogP contribution >= 0.6 is 11.6 Å². The summed E-state index contributed by atoms with van der Waals surface area (Å²) in [5, 5.41) is 13.0. The molecule has 2 aromatic rings. The smallest absolute Gasteiger partial charge is 0.240 e. The van der Waals surface area contributed by atoms with E-state index in [1.54, 1.807) is 13.8 Å². The number of halogens is 1. The predicted octanol–water partition coefficient (Wildman–Crippen LogP) is 1.92. The molecule has 0 aliphatic heterocycles. The normalized spacial score (nSPS) is 11.8. The van der Waals surface area contributed by atoms with Crippen molar-refractivity contribution in [3.8, 4) is 0 Å². The first-order valence-corrected chi connectivity index (χ1v) is 8.02. The minimum absolute atomic E-state index is 0.0384. The van der Waals surface area contributed by atoms with Crippen LogP contribution in [0, 0.1) is 13.8 Å². The Morgan fingerprint density at radius 3 is 2.62 bits per heavy atom. The van der Waals surface area contributed by atoms with Crippen molar-refractivity contribution in [1.29, 1.82) is 0 Å².